The molecule has 5 heteroatoms. The average Bonchev–Trinajstić information content (AvgIpc) is 2.81. The van der Waals surface area contributed by atoms with Gasteiger partial charge in [0.05, 0.1) is 7.11 Å². The summed E-state index contributed by atoms with van der Waals surface area (Å²) < 4.78 is 5.14. The Balaban J connectivity index is 0.00000180. The minimum absolute atomic E-state index is 0. The summed E-state index contributed by atoms with van der Waals surface area (Å²) >= 11 is 0. The van der Waals surface area contributed by atoms with Crippen LogP contribution in [0.1, 0.15) is 23.7 Å². The van der Waals surface area contributed by atoms with Crippen LogP contribution >= 0.6 is 12.4 Å². The number of hydrogen-bond acceptors (Lipinski definition) is 3. The second-order valence-corrected chi connectivity index (χ2v) is 5.22. The minimum Gasteiger partial charge on any atom is -0.497 e. The molecule has 0 saturated carbocycles. The number of likely N-dealkylation sites (tertiary alicyclic amines) is 1. The van der Waals surface area contributed by atoms with E-state index < -0.39 is 0 Å². The topological polar surface area (TPSA) is 55.6 Å². The summed E-state index contributed by atoms with van der Waals surface area (Å²) in [6.07, 6.45) is 0.971. The molecule has 19 heavy (non-hydrogen) atoms. The van der Waals surface area contributed by atoms with Crippen molar-refractivity contribution < 1.29 is 9.53 Å². The molecule has 1 fully saturated rings. The number of rotatable bonds is 3. The summed E-state index contributed by atoms with van der Waals surface area (Å²) in [4.78, 5) is 14.2. The lowest BCUT2D eigenvalue weighted by Gasteiger charge is -2.22. The van der Waals surface area contributed by atoms with Crippen LogP contribution in [-0.4, -0.2) is 37.6 Å². The lowest BCUT2D eigenvalue weighted by atomic mass is 9.90. The number of halogens is 1. The largest absolute Gasteiger partial charge is 0.497 e. The normalized spacial score (nSPS) is 21.9. The molecule has 1 aliphatic rings. The first-order valence-electron chi connectivity index (χ1n) is 6.21. The zero-order valence-electron chi connectivity index (χ0n) is 11.4. The van der Waals surface area contributed by atoms with Crippen LogP contribution in [0.5, 0.6) is 5.75 Å². The number of ether oxygens (including phenoxy) is 1. The van der Waals surface area contributed by atoms with Crippen LogP contribution in [0, 0.1) is 5.41 Å². The van der Waals surface area contributed by atoms with Crippen LogP contribution in [0.4, 0.5) is 0 Å². The standard InChI is InChI=1S/C14H20N2O2.ClH/c1-14(9-15)6-7-16(10-14)13(17)11-4-3-5-12(8-11)18-2;/h3-5,8H,6-7,9-10,15H2,1-2H3;1H. The molecule has 2 rings (SSSR count). The third kappa shape index (κ3) is 3.39. The summed E-state index contributed by atoms with van der Waals surface area (Å²) in [7, 11) is 1.60. The van der Waals surface area contributed by atoms with Crippen molar-refractivity contribution in [1.82, 2.24) is 4.90 Å². The van der Waals surface area contributed by atoms with Gasteiger partial charge in [0.1, 0.15) is 5.75 Å². The van der Waals surface area contributed by atoms with Crippen molar-refractivity contribution in [3.05, 3.63) is 29.8 Å². The lowest BCUT2D eigenvalue weighted by Crippen LogP contribution is -2.34. The molecule has 1 aromatic rings. The molecule has 1 amide bonds. The second kappa shape index (κ2) is 6.26. The molecule has 106 valence electrons. The van der Waals surface area contributed by atoms with Gasteiger partial charge in [-0.05, 0) is 36.6 Å². The molecule has 1 heterocycles. The highest BCUT2D eigenvalue weighted by atomic mass is 35.5. The second-order valence-electron chi connectivity index (χ2n) is 5.22. The maximum Gasteiger partial charge on any atom is 0.254 e. The van der Waals surface area contributed by atoms with Gasteiger partial charge in [-0.1, -0.05) is 13.0 Å². The summed E-state index contributed by atoms with van der Waals surface area (Å²) in [6, 6.07) is 7.28. The summed E-state index contributed by atoms with van der Waals surface area (Å²) in [6.45, 7) is 4.27. The Morgan fingerprint density at radius 3 is 2.84 bits per heavy atom. The summed E-state index contributed by atoms with van der Waals surface area (Å²) in [5, 5.41) is 0. The van der Waals surface area contributed by atoms with Gasteiger partial charge in [0.15, 0.2) is 0 Å². The molecule has 0 radical (unpaired) electrons. The molecule has 1 saturated heterocycles. The first-order chi connectivity index (χ1) is 8.58. The molecule has 0 aromatic heterocycles. The Bertz CT molecular complexity index is 453. The maximum atomic E-state index is 12.3. The molecule has 0 spiro atoms. The Labute approximate surface area is 120 Å². The van der Waals surface area contributed by atoms with Crippen molar-refractivity contribution in [3.63, 3.8) is 0 Å². The fourth-order valence-electron chi connectivity index (χ4n) is 2.30. The Morgan fingerprint density at radius 2 is 2.26 bits per heavy atom. The minimum atomic E-state index is 0. The van der Waals surface area contributed by atoms with E-state index in [0.717, 1.165) is 19.5 Å². The highest BCUT2D eigenvalue weighted by Crippen LogP contribution is 2.29. The Morgan fingerprint density at radius 1 is 1.53 bits per heavy atom. The van der Waals surface area contributed by atoms with Crippen molar-refractivity contribution in [1.29, 1.82) is 0 Å². The summed E-state index contributed by atoms with van der Waals surface area (Å²) in [5.74, 6) is 0.771. The molecule has 0 bridgehead atoms. The van der Waals surface area contributed by atoms with Crippen molar-refractivity contribution >= 4 is 18.3 Å². The van der Waals surface area contributed by atoms with Gasteiger partial charge in [-0.3, -0.25) is 4.79 Å². The highest BCUT2D eigenvalue weighted by molar-refractivity contribution is 5.94. The third-order valence-corrected chi connectivity index (χ3v) is 3.65. The quantitative estimate of drug-likeness (QED) is 0.923. The van der Waals surface area contributed by atoms with E-state index in [4.69, 9.17) is 10.5 Å². The zero-order chi connectivity index (χ0) is 13.2. The van der Waals surface area contributed by atoms with E-state index >= 15 is 0 Å². The predicted molar refractivity (Wildman–Crippen MR) is 77.9 cm³/mol. The van der Waals surface area contributed by atoms with Gasteiger partial charge in [-0.15, -0.1) is 12.4 Å². The smallest absolute Gasteiger partial charge is 0.254 e. The molecule has 1 aromatic carbocycles. The van der Waals surface area contributed by atoms with Crippen molar-refractivity contribution in [2.45, 2.75) is 13.3 Å². The maximum absolute atomic E-state index is 12.3. The van der Waals surface area contributed by atoms with Crippen LogP contribution in [0.3, 0.4) is 0 Å². The molecular weight excluding hydrogens is 264 g/mol. The highest BCUT2D eigenvalue weighted by Gasteiger charge is 2.35. The number of benzene rings is 1. The van der Waals surface area contributed by atoms with Gasteiger partial charge in [0.25, 0.3) is 5.91 Å². The van der Waals surface area contributed by atoms with E-state index in [1.807, 2.05) is 23.1 Å². The van der Waals surface area contributed by atoms with E-state index in [-0.39, 0.29) is 23.7 Å². The van der Waals surface area contributed by atoms with Crippen LogP contribution in [0.2, 0.25) is 0 Å². The van der Waals surface area contributed by atoms with Gasteiger partial charge in [0.2, 0.25) is 0 Å². The number of methoxy groups -OCH3 is 1. The van der Waals surface area contributed by atoms with Crippen molar-refractivity contribution in [2.75, 3.05) is 26.7 Å². The van der Waals surface area contributed by atoms with Gasteiger partial charge >= 0.3 is 0 Å². The molecule has 1 unspecified atom stereocenters. The van der Waals surface area contributed by atoms with E-state index in [1.165, 1.54) is 0 Å². The first-order valence-corrected chi connectivity index (χ1v) is 6.21. The molecule has 4 nitrogen and oxygen atoms in total. The number of carbonyl (C=O) groups excluding carboxylic acids is 1. The number of carbonyl (C=O) groups is 1. The number of nitrogens with zero attached hydrogens (tertiary/aromatic N) is 1. The van der Waals surface area contributed by atoms with E-state index in [9.17, 15) is 4.79 Å². The fraction of sp³-hybridized carbons (Fsp3) is 0.500. The molecule has 2 N–H and O–H groups in total. The number of hydrogen-bond donors (Lipinski definition) is 1. The van der Waals surface area contributed by atoms with E-state index in [1.54, 1.807) is 13.2 Å². The van der Waals surface area contributed by atoms with Gasteiger partial charge in [-0.2, -0.15) is 0 Å². The first kappa shape index (κ1) is 15.8. The number of amides is 1. The van der Waals surface area contributed by atoms with Crippen LogP contribution in [0.25, 0.3) is 0 Å². The van der Waals surface area contributed by atoms with Gasteiger partial charge < -0.3 is 15.4 Å². The van der Waals surface area contributed by atoms with Crippen LogP contribution in [0.15, 0.2) is 24.3 Å². The third-order valence-electron chi connectivity index (χ3n) is 3.65. The van der Waals surface area contributed by atoms with Gasteiger partial charge in [-0.25, -0.2) is 0 Å². The Hall–Kier alpha value is -1.26. The predicted octanol–water partition coefficient (Wildman–Crippen LogP) is 1.93. The zero-order valence-corrected chi connectivity index (χ0v) is 12.2. The van der Waals surface area contributed by atoms with Crippen molar-refractivity contribution in [2.24, 2.45) is 11.1 Å². The summed E-state index contributed by atoms with van der Waals surface area (Å²) in [5.41, 5.74) is 6.50. The molecule has 0 aliphatic carbocycles. The van der Waals surface area contributed by atoms with Crippen LogP contribution in [-0.2, 0) is 0 Å². The average molecular weight is 285 g/mol. The van der Waals surface area contributed by atoms with Crippen molar-refractivity contribution in [3.8, 4) is 5.75 Å². The van der Waals surface area contributed by atoms with Crippen LogP contribution < -0.4 is 10.5 Å². The molecule has 1 atom stereocenters. The van der Waals surface area contributed by atoms with Gasteiger partial charge in [0, 0.05) is 18.7 Å². The Kier molecular flexibility index (Phi) is 5.20. The molecular formula is C14H21ClN2O2. The SMILES string of the molecule is COc1cccc(C(=O)N2CCC(C)(CN)C2)c1.Cl. The van der Waals surface area contributed by atoms with E-state index in [2.05, 4.69) is 6.92 Å². The fourth-order valence-corrected chi connectivity index (χ4v) is 2.30. The monoisotopic (exact) mass is 284 g/mol. The number of nitrogens with two attached hydrogens (primary N) is 1. The lowest BCUT2D eigenvalue weighted by molar-refractivity contribution is 0.0776. The van der Waals surface area contributed by atoms with E-state index in [0.29, 0.717) is 17.9 Å². The molecule has 1 aliphatic heterocycles.